The van der Waals surface area contributed by atoms with Crippen molar-refractivity contribution in [1.29, 1.82) is 0 Å². The molecular formula is C18H24N2O5Si. The SMILES string of the molecule is C[Si]1(C)CC[C@@H](C(=O)O)N2C(=O)[C@@H](NC(=O)COc3ccccc3)[C@H]2C1. The fourth-order valence-electron chi connectivity index (χ4n) is 3.78. The predicted octanol–water partition coefficient (Wildman–Crippen LogP) is 1.33. The van der Waals surface area contributed by atoms with Crippen molar-refractivity contribution < 1.29 is 24.2 Å². The summed E-state index contributed by atoms with van der Waals surface area (Å²) in [6.07, 6.45) is 0.495. The van der Waals surface area contributed by atoms with E-state index in [2.05, 4.69) is 18.4 Å². The van der Waals surface area contributed by atoms with Crippen LogP contribution in [0.4, 0.5) is 0 Å². The summed E-state index contributed by atoms with van der Waals surface area (Å²) in [5.41, 5.74) is 0. The van der Waals surface area contributed by atoms with E-state index >= 15 is 0 Å². The summed E-state index contributed by atoms with van der Waals surface area (Å²) in [5, 5.41) is 12.2. The number of carbonyl (C=O) groups is 3. The molecule has 7 nitrogen and oxygen atoms in total. The smallest absolute Gasteiger partial charge is 0.326 e. The predicted molar refractivity (Wildman–Crippen MR) is 97.6 cm³/mol. The minimum absolute atomic E-state index is 0.177. The van der Waals surface area contributed by atoms with Gasteiger partial charge in [-0.3, -0.25) is 9.59 Å². The van der Waals surface area contributed by atoms with E-state index in [1.54, 1.807) is 12.1 Å². The van der Waals surface area contributed by atoms with Gasteiger partial charge >= 0.3 is 5.97 Å². The zero-order valence-electron chi connectivity index (χ0n) is 15.0. The summed E-state index contributed by atoms with van der Waals surface area (Å²) in [6.45, 7) is 4.23. The third kappa shape index (κ3) is 3.74. The Morgan fingerprint density at radius 2 is 2.00 bits per heavy atom. The van der Waals surface area contributed by atoms with E-state index in [0.29, 0.717) is 12.2 Å². The second-order valence-corrected chi connectivity index (χ2v) is 13.0. The number of fused-ring (bicyclic) bond motifs is 1. The first-order valence-electron chi connectivity index (χ1n) is 8.81. The van der Waals surface area contributed by atoms with E-state index < -0.39 is 26.1 Å². The average molecular weight is 376 g/mol. The third-order valence-electron chi connectivity index (χ3n) is 5.17. The largest absolute Gasteiger partial charge is 0.484 e. The molecule has 2 saturated heterocycles. The van der Waals surface area contributed by atoms with Gasteiger partial charge in [-0.1, -0.05) is 37.3 Å². The highest BCUT2D eigenvalue weighted by atomic mass is 28.3. The minimum atomic E-state index is -1.62. The highest BCUT2D eigenvalue weighted by Crippen LogP contribution is 2.37. The van der Waals surface area contributed by atoms with Gasteiger partial charge in [0.05, 0.1) is 6.04 Å². The molecule has 0 saturated carbocycles. The normalized spacial score (nSPS) is 26.9. The standard InChI is InChI=1S/C18H24N2O5Si/c1-26(2)9-8-13(18(23)24)20-14(11-26)16(17(20)22)19-15(21)10-25-12-6-4-3-5-7-12/h3-7,13-14,16H,8-11H2,1-2H3,(H,19,21)(H,23,24)/t13-,14+,16-/m0/s1. The Kier molecular flexibility index (Phi) is 5.04. The lowest BCUT2D eigenvalue weighted by Gasteiger charge is -2.49. The lowest BCUT2D eigenvalue weighted by molar-refractivity contribution is -0.165. The van der Waals surface area contributed by atoms with Crippen LogP contribution in [0.15, 0.2) is 30.3 Å². The van der Waals surface area contributed by atoms with Crippen LogP contribution in [0.25, 0.3) is 0 Å². The lowest BCUT2D eigenvalue weighted by atomic mass is 9.92. The molecule has 0 bridgehead atoms. The Hall–Kier alpha value is -2.35. The van der Waals surface area contributed by atoms with Gasteiger partial charge in [0.2, 0.25) is 5.91 Å². The van der Waals surface area contributed by atoms with E-state index in [1.165, 1.54) is 4.90 Å². The summed E-state index contributed by atoms with van der Waals surface area (Å²) in [4.78, 5) is 37.7. The van der Waals surface area contributed by atoms with Crippen molar-refractivity contribution >= 4 is 25.9 Å². The van der Waals surface area contributed by atoms with E-state index in [1.807, 2.05) is 18.2 Å². The van der Waals surface area contributed by atoms with Crippen molar-refractivity contribution in [3.63, 3.8) is 0 Å². The van der Waals surface area contributed by atoms with Gasteiger partial charge in [0.1, 0.15) is 17.8 Å². The van der Waals surface area contributed by atoms with Crippen molar-refractivity contribution in [3.8, 4) is 5.75 Å². The van der Waals surface area contributed by atoms with E-state index in [-0.39, 0.29) is 24.5 Å². The summed E-state index contributed by atoms with van der Waals surface area (Å²) in [5.74, 6) is -1.06. The fourth-order valence-corrected chi connectivity index (χ4v) is 6.61. The first-order valence-corrected chi connectivity index (χ1v) is 12.2. The van der Waals surface area contributed by atoms with Crippen LogP contribution in [0.1, 0.15) is 6.42 Å². The molecule has 8 heteroatoms. The maximum Gasteiger partial charge on any atom is 0.326 e. The number of nitrogens with zero attached hydrogens (tertiary/aromatic N) is 1. The zero-order chi connectivity index (χ0) is 18.9. The molecule has 2 amide bonds. The monoisotopic (exact) mass is 376 g/mol. The number of hydrogen-bond acceptors (Lipinski definition) is 4. The highest BCUT2D eigenvalue weighted by Gasteiger charge is 2.55. The van der Waals surface area contributed by atoms with Crippen molar-refractivity contribution in [2.24, 2.45) is 0 Å². The van der Waals surface area contributed by atoms with Crippen LogP contribution < -0.4 is 10.1 Å². The molecule has 140 valence electrons. The Morgan fingerprint density at radius 3 is 2.65 bits per heavy atom. The van der Waals surface area contributed by atoms with Crippen LogP contribution in [0.3, 0.4) is 0 Å². The maximum atomic E-state index is 12.5. The van der Waals surface area contributed by atoms with Crippen molar-refractivity contribution in [2.75, 3.05) is 6.61 Å². The van der Waals surface area contributed by atoms with Crippen LogP contribution in [-0.4, -0.2) is 60.6 Å². The van der Waals surface area contributed by atoms with Crippen molar-refractivity contribution in [3.05, 3.63) is 30.3 Å². The van der Waals surface area contributed by atoms with Gasteiger partial charge < -0.3 is 20.1 Å². The molecule has 0 unspecified atom stereocenters. The minimum Gasteiger partial charge on any atom is -0.484 e. The molecule has 3 rings (SSSR count). The number of nitrogens with one attached hydrogen (secondary N) is 1. The van der Waals surface area contributed by atoms with Crippen LogP contribution >= 0.6 is 0 Å². The fraction of sp³-hybridized carbons (Fsp3) is 0.500. The number of hydrogen-bond donors (Lipinski definition) is 2. The Bertz CT molecular complexity index is 709. The van der Waals surface area contributed by atoms with Crippen LogP contribution in [0.2, 0.25) is 25.2 Å². The van der Waals surface area contributed by atoms with Gasteiger partial charge in [-0.05, 0) is 24.6 Å². The van der Waals surface area contributed by atoms with Crippen LogP contribution in [0.5, 0.6) is 5.75 Å². The Balaban J connectivity index is 1.64. The summed E-state index contributed by atoms with van der Waals surface area (Å²) < 4.78 is 5.41. The number of carboxylic acid groups (broad SMARTS) is 1. The molecule has 1 aromatic rings. The molecule has 2 aliphatic heterocycles. The Labute approximate surface area is 153 Å². The number of rotatable bonds is 5. The molecule has 2 aliphatic rings. The van der Waals surface area contributed by atoms with Gasteiger partial charge in [0, 0.05) is 8.07 Å². The number of ether oxygens (including phenoxy) is 1. The summed E-state index contributed by atoms with van der Waals surface area (Å²) in [6, 6.07) is 8.98. The number of para-hydroxylation sites is 1. The van der Waals surface area contributed by atoms with E-state index in [9.17, 15) is 19.5 Å². The number of benzene rings is 1. The first-order chi connectivity index (χ1) is 12.3. The molecule has 3 atom stereocenters. The van der Waals surface area contributed by atoms with Gasteiger partial charge in [0.25, 0.3) is 5.91 Å². The number of carbonyl (C=O) groups excluding carboxylic acids is 2. The van der Waals surface area contributed by atoms with Crippen LogP contribution in [-0.2, 0) is 14.4 Å². The number of aliphatic carboxylic acids is 1. The molecule has 0 aromatic heterocycles. The van der Waals surface area contributed by atoms with E-state index in [0.717, 1.165) is 12.1 Å². The number of β-lactam (4-membered cyclic amide) rings is 1. The summed E-state index contributed by atoms with van der Waals surface area (Å²) >= 11 is 0. The molecule has 0 radical (unpaired) electrons. The molecule has 2 fully saturated rings. The second-order valence-electron chi connectivity index (χ2n) is 7.72. The third-order valence-corrected chi connectivity index (χ3v) is 8.34. The van der Waals surface area contributed by atoms with Crippen molar-refractivity contribution in [1.82, 2.24) is 10.2 Å². The number of amides is 2. The van der Waals surface area contributed by atoms with Gasteiger partial charge in [-0.2, -0.15) is 0 Å². The maximum absolute atomic E-state index is 12.5. The quantitative estimate of drug-likeness (QED) is 0.597. The molecule has 2 N–H and O–H groups in total. The van der Waals surface area contributed by atoms with E-state index in [4.69, 9.17) is 4.74 Å². The van der Waals surface area contributed by atoms with Gasteiger partial charge in [-0.15, -0.1) is 0 Å². The molecule has 0 spiro atoms. The lowest BCUT2D eigenvalue weighted by Crippen LogP contribution is -2.74. The molecule has 2 heterocycles. The molecule has 0 aliphatic carbocycles. The van der Waals surface area contributed by atoms with Crippen molar-refractivity contribution in [2.45, 2.75) is 49.7 Å². The Morgan fingerprint density at radius 1 is 1.31 bits per heavy atom. The summed E-state index contributed by atoms with van der Waals surface area (Å²) in [7, 11) is -1.62. The highest BCUT2D eigenvalue weighted by molar-refractivity contribution is 6.77. The second kappa shape index (κ2) is 7.11. The molecule has 26 heavy (non-hydrogen) atoms. The molecule has 1 aromatic carbocycles. The first kappa shape index (κ1) is 18.4. The van der Waals surface area contributed by atoms with Gasteiger partial charge in [0.15, 0.2) is 6.61 Å². The van der Waals surface area contributed by atoms with Gasteiger partial charge in [-0.25, -0.2) is 4.79 Å². The van der Waals surface area contributed by atoms with Crippen LogP contribution in [0, 0.1) is 0 Å². The molecular weight excluding hydrogens is 352 g/mol. The zero-order valence-corrected chi connectivity index (χ0v) is 16.0. The number of carboxylic acids is 1. The average Bonchev–Trinajstić information content (AvgIpc) is 2.73. The topological polar surface area (TPSA) is 95.9 Å².